The third-order valence-corrected chi connectivity index (χ3v) is 15.8. The summed E-state index contributed by atoms with van der Waals surface area (Å²) in [5, 5.41) is 0. The molecule has 3 heterocycles. The zero-order chi connectivity index (χ0) is 45.7. The molecule has 1 fully saturated rings. The maximum absolute atomic E-state index is 15.4. The van der Waals surface area contributed by atoms with Crippen LogP contribution < -0.4 is 31.1 Å². The van der Waals surface area contributed by atoms with Gasteiger partial charge in [0, 0.05) is 50.9 Å². The van der Waals surface area contributed by atoms with Gasteiger partial charge in [-0.15, -0.1) is 0 Å². The molecule has 1 saturated carbocycles. The van der Waals surface area contributed by atoms with E-state index in [1.807, 2.05) is 6.07 Å². The Labute approximate surface area is 383 Å². The number of benzene rings is 6. The van der Waals surface area contributed by atoms with Gasteiger partial charge >= 0.3 is 0 Å². The van der Waals surface area contributed by atoms with E-state index >= 15 is 4.39 Å². The number of anilines is 8. The zero-order valence-electron chi connectivity index (χ0n) is 40.9. The quantitative estimate of drug-likeness (QED) is 0.164. The number of nitrogens with zero attached hydrogens (tertiary/aromatic N) is 3. The van der Waals surface area contributed by atoms with Gasteiger partial charge in [-0.3, -0.25) is 0 Å². The Morgan fingerprint density at radius 3 is 1.41 bits per heavy atom. The molecule has 0 radical (unpaired) electrons. The summed E-state index contributed by atoms with van der Waals surface area (Å²) in [6.45, 7) is 32.6. The van der Waals surface area contributed by atoms with Crippen LogP contribution in [-0.2, 0) is 27.1 Å². The summed E-state index contributed by atoms with van der Waals surface area (Å²) in [4.78, 5) is 7.81. The first kappa shape index (κ1) is 42.7. The lowest BCUT2D eigenvalue weighted by atomic mass is 9.33. The third-order valence-electron chi connectivity index (χ3n) is 15.8. The van der Waals surface area contributed by atoms with Gasteiger partial charge in [-0.05, 0) is 152 Å². The Morgan fingerprint density at radius 1 is 0.469 bits per heavy atom. The highest BCUT2D eigenvalue weighted by Gasteiger charge is 2.60. The van der Waals surface area contributed by atoms with E-state index in [-0.39, 0.29) is 45.1 Å². The van der Waals surface area contributed by atoms with Gasteiger partial charge in [0.15, 0.2) is 0 Å². The Hall–Kier alpha value is -5.29. The summed E-state index contributed by atoms with van der Waals surface area (Å²) in [6.07, 6.45) is 3.15. The molecule has 10 rings (SSSR count). The smallest absolute Gasteiger partial charge is 0.252 e. The monoisotopic (exact) mass is 848 g/mol. The molecule has 0 aromatic heterocycles. The van der Waals surface area contributed by atoms with E-state index in [2.05, 4.69) is 215 Å². The lowest BCUT2D eigenvalue weighted by molar-refractivity contribution is 0.330. The van der Waals surface area contributed by atoms with Crippen molar-refractivity contribution in [1.29, 1.82) is 0 Å². The summed E-state index contributed by atoms with van der Waals surface area (Å²) >= 11 is 0. The summed E-state index contributed by atoms with van der Waals surface area (Å²) in [6, 6.07) is 43.7. The van der Waals surface area contributed by atoms with Crippen LogP contribution in [0.15, 0.2) is 115 Å². The largest absolute Gasteiger partial charge is 0.334 e. The molecule has 0 amide bonds. The molecular weight excluding hydrogens is 780 g/mol. The minimum absolute atomic E-state index is 0.0107. The molecule has 0 bridgehead atoms. The molecule has 3 aliphatic heterocycles. The van der Waals surface area contributed by atoms with Crippen LogP contribution in [0.1, 0.15) is 144 Å². The molecule has 4 aliphatic rings. The molecule has 6 aromatic rings. The van der Waals surface area contributed by atoms with Gasteiger partial charge in [-0.25, -0.2) is 4.39 Å². The van der Waals surface area contributed by atoms with Crippen molar-refractivity contribution in [3.8, 4) is 0 Å². The molecule has 3 nitrogen and oxygen atoms in total. The molecule has 64 heavy (non-hydrogen) atoms. The lowest BCUT2D eigenvalue weighted by Crippen LogP contribution is -2.61. The molecule has 6 aromatic carbocycles. The van der Waals surface area contributed by atoms with Crippen LogP contribution in [0.5, 0.6) is 0 Å². The first-order valence-corrected chi connectivity index (χ1v) is 23.8. The number of hydrogen-bond acceptors (Lipinski definition) is 3. The summed E-state index contributed by atoms with van der Waals surface area (Å²) in [7, 11) is 0. The fourth-order valence-electron chi connectivity index (χ4n) is 11.8. The van der Waals surface area contributed by atoms with Gasteiger partial charge in [0.1, 0.15) is 5.82 Å². The Bertz CT molecular complexity index is 2730. The van der Waals surface area contributed by atoms with E-state index in [1.54, 1.807) is 6.07 Å². The predicted octanol–water partition coefficient (Wildman–Crippen LogP) is 14.5. The van der Waals surface area contributed by atoms with E-state index in [4.69, 9.17) is 0 Å². The Morgan fingerprint density at radius 2 is 0.938 bits per heavy atom. The highest BCUT2D eigenvalue weighted by atomic mass is 19.1. The van der Waals surface area contributed by atoms with E-state index < -0.39 is 0 Å². The molecular formula is C59H67BFN3. The number of rotatable bonds is 3. The maximum atomic E-state index is 15.4. The van der Waals surface area contributed by atoms with Crippen LogP contribution in [0.2, 0.25) is 0 Å². The molecule has 5 heteroatoms. The fraction of sp³-hybridized carbons (Fsp3) is 0.390. The van der Waals surface area contributed by atoms with Crippen molar-refractivity contribution < 1.29 is 4.39 Å². The molecule has 1 aliphatic carbocycles. The fourth-order valence-corrected chi connectivity index (χ4v) is 11.8. The second-order valence-electron chi connectivity index (χ2n) is 24.1. The van der Waals surface area contributed by atoms with E-state index in [1.165, 1.54) is 61.4 Å². The van der Waals surface area contributed by atoms with Crippen molar-refractivity contribution in [1.82, 2.24) is 0 Å². The van der Waals surface area contributed by atoms with Crippen molar-refractivity contribution >= 4 is 68.6 Å². The summed E-state index contributed by atoms with van der Waals surface area (Å²) in [5.41, 5.74) is 19.1. The van der Waals surface area contributed by atoms with Gasteiger partial charge in [-0.1, -0.05) is 145 Å². The van der Waals surface area contributed by atoms with Gasteiger partial charge in [-0.2, -0.15) is 0 Å². The van der Waals surface area contributed by atoms with Crippen molar-refractivity contribution in [3.63, 3.8) is 0 Å². The molecule has 0 saturated heterocycles. The van der Waals surface area contributed by atoms with Crippen molar-refractivity contribution in [3.05, 3.63) is 149 Å². The first-order valence-electron chi connectivity index (χ1n) is 23.8. The SMILES string of the molecule is CC(C)(C)c1cccc(N2c3cc(C(C)(C)C)ccc3B3c4ccc(C(C)(C)C)cc4N(c4cccc(C(C)(C)C)c4)c4cc(N5c6ccc(F)cc6C6(C)CCCC56C)cc2c43)c1. The van der Waals surface area contributed by atoms with Gasteiger partial charge < -0.3 is 14.7 Å². The number of hydrogen-bond donors (Lipinski definition) is 0. The minimum Gasteiger partial charge on any atom is -0.334 e. The molecule has 2 atom stereocenters. The second kappa shape index (κ2) is 13.9. The van der Waals surface area contributed by atoms with E-state index in [0.29, 0.717) is 0 Å². The lowest BCUT2D eigenvalue weighted by Gasteiger charge is -2.47. The average Bonchev–Trinajstić information content (AvgIpc) is 3.62. The number of fused-ring (bicyclic) bond motifs is 7. The van der Waals surface area contributed by atoms with Gasteiger partial charge in [0.2, 0.25) is 0 Å². The summed E-state index contributed by atoms with van der Waals surface area (Å²) < 4.78 is 15.4. The number of halogens is 1. The third kappa shape index (κ3) is 6.33. The van der Waals surface area contributed by atoms with Gasteiger partial charge in [0.25, 0.3) is 6.71 Å². The maximum Gasteiger partial charge on any atom is 0.252 e. The van der Waals surface area contributed by atoms with Crippen molar-refractivity contribution in [2.75, 3.05) is 14.7 Å². The topological polar surface area (TPSA) is 9.72 Å². The van der Waals surface area contributed by atoms with Crippen LogP contribution in [0.4, 0.5) is 49.9 Å². The molecule has 0 spiro atoms. The van der Waals surface area contributed by atoms with Crippen LogP contribution in [0, 0.1) is 5.82 Å². The highest BCUT2D eigenvalue weighted by Crippen LogP contribution is 2.63. The van der Waals surface area contributed by atoms with E-state index in [0.717, 1.165) is 47.6 Å². The van der Waals surface area contributed by atoms with E-state index in [9.17, 15) is 0 Å². The summed E-state index contributed by atoms with van der Waals surface area (Å²) in [5.74, 6) is -0.160. The Balaban J connectivity index is 1.37. The van der Waals surface area contributed by atoms with Crippen molar-refractivity contribution in [2.24, 2.45) is 0 Å². The van der Waals surface area contributed by atoms with Crippen LogP contribution in [-0.4, -0.2) is 12.3 Å². The van der Waals surface area contributed by atoms with Crippen LogP contribution in [0.25, 0.3) is 0 Å². The zero-order valence-corrected chi connectivity index (χ0v) is 40.9. The molecule has 2 unspecified atom stereocenters. The average molecular weight is 848 g/mol. The second-order valence-corrected chi connectivity index (χ2v) is 24.1. The van der Waals surface area contributed by atoms with Crippen LogP contribution >= 0.6 is 0 Å². The van der Waals surface area contributed by atoms with Gasteiger partial charge in [0.05, 0.1) is 5.54 Å². The van der Waals surface area contributed by atoms with Crippen molar-refractivity contribution in [2.45, 2.75) is 149 Å². The minimum atomic E-state index is -0.255. The first-order chi connectivity index (χ1) is 29.9. The molecule has 328 valence electrons. The predicted molar refractivity (Wildman–Crippen MR) is 273 cm³/mol. The van der Waals surface area contributed by atoms with Crippen LogP contribution in [0.3, 0.4) is 0 Å². The standard InChI is InChI=1S/C59H67BFN3/c1-54(2,3)37-18-15-20-42(30-37)62-49-32-39(56(7,8)9)22-25-46(49)60-47-26-23-40(57(10,11)12)33-50(47)63(43-21-16-19-38(31-43)55(4,5)6)52-36-44(35-51(62)53(52)60)64-48-27-24-41(61)34-45(48)58(13)28-17-29-59(58,64)14/h15-16,18-27,30-36H,17,28-29H2,1-14H3. The Kier molecular flexibility index (Phi) is 9.24. The normalized spacial score (nSPS) is 20.2. The highest BCUT2D eigenvalue weighted by molar-refractivity contribution is 7.00. The molecule has 0 N–H and O–H groups in total.